The van der Waals surface area contributed by atoms with Crippen LogP contribution in [0.3, 0.4) is 0 Å². The molecule has 2 aliphatic rings. The molecular formula is C20H34O7. The Bertz CT molecular complexity index is 455. The molecule has 2 rings (SSSR count). The van der Waals surface area contributed by atoms with Gasteiger partial charge in [-0.2, -0.15) is 0 Å². The maximum absolute atomic E-state index is 12.3. The predicted molar refractivity (Wildman–Crippen MR) is 97.8 cm³/mol. The maximum Gasteiger partial charge on any atom is 0.309 e. The lowest BCUT2D eigenvalue weighted by molar-refractivity contribution is -0.163. The van der Waals surface area contributed by atoms with Gasteiger partial charge in [-0.05, 0) is 38.5 Å². The van der Waals surface area contributed by atoms with Crippen LogP contribution in [-0.2, 0) is 23.8 Å². The smallest absolute Gasteiger partial charge is 0.309 e. The third-order valence-corrected chi connectivity index (χ3v) is 5.58. The van der Waals surface area contributed by atoms with E-state index in [1.807, 2.05) is 6.92 Å². The summed E-state index contributed by atoms with van der Waals surface area (Å²) in [5.74, 6) is -1.16. The topological polar surface area (TPSA) is 102 Å². The number of aliphatic hydroxyl groups excluding tert-OH is 2. The van der Waals surface area contributed by atoms with Gasteiger partial charge in [0.1, 0.15) is 13.2 Å². The summed E-state index contributed by atoms with van der Waals surface area (Å²) in [5, 5.41) is 19.5. The van der Waals surface area contributed by atoms with E-state index in [1.54, 1.807) is 7.11 Å². The molecular weight excluding hydrogens is 352 g/mol. The van der Waals surface area contributed by atoms with E-state index < -0.39 is 17.6 Å². The minimum Gasteiger partial charge on any atom is -0.465 e. The average molecular weight is 386 g/mol. The zero-order valence-electron chi connectivity index (χ0n) is 16.5. The van der Waals surface area contributed by atoms with Crippen LogP contribution in [0.1, 0.15) is 58.3 Å². The van der Waals surface area contributed by atoms with Crippen molar-refractivity contribution in [3.63, 3.8) is 0 Å². The number of esters is 2. The molecule has 2 saturated carbocycles. The van der Waals surface area contributed by atoms with Crippen molar-refractivity contribution in [1.29, 1.82) is 0 Å². The van der Waals surface area contributed by atoms with Crippen molar-refractivity contribution < 1.29 is 34.0 Å². The fourth-order valence-electron chi connectivity index (χ4n) is 3.96. The zero-order valence-corrected chi connectivity index (χ0v) is 16.5. The number of rotatable bonds is 8. The van der Waals surface area contributed by atoms with Crippen molar-refractivity contribution in [2.24, 2.45) is 17.3 Å². The van der Waals surface area contributed by atoms with Crippen molar-refractivity contribution >= 4 is 11.9 Å². The fourth-order valence-corrected chi connectivity index (χ4v) is 3.96. The van der Waals surface area contributed by atoms with Crippen molar-refractivity contribution in [1.82, 2.24) is 0 Å². The summed E-state index contributed by atoms with van der Waals surface area (Å²) < 4.78 is 16.2. The number of ether oxygens (including phenoxy) is 3. The predicted octanol–water partition coefficient (Wildman–Crippen LogP) is 1.83. The molecule has 7 heteroatoms. The second kappa shape index (κ2) is 10.4. The van der Waals surface area contributed by atoms with E-state index in [4.69, 9.17) is 14.2 Å². The molecule has 2 fully saturated rings. The number of methoxy groups -OCH3 is 1. The normalized spacial score (nSPS) is 31.0. The molecule has 0 amide bonds. The lowest BCUT2D eigenvalue weighted by Crippen LogP contribution is -2.38. The molecule has 4 atom stereocenters. The minimum atomic E-state index is -0.638. The van der Waals surface area contributed by atoms with Gasteiger partial charge in [-0.1, -0.05) is 19.8 Å². The lowest BCUT2D eigenvalue weighted by atomic mass is 9.87. The molecule has 0 bridgehead atoms. The standard InChI is InChI=1S/C20H34O7/c1-20(11-25-2,12-26-18(23)14-5-3-7-16(21)9-14)13-27-19(24)15-6-4-8-17(22)10-15/h14-17,21-22H,3-13H2,1-2H3. The quantitative estimate of drug-likeness (QED) is 0.614. The van der Waals surface area contributed by atoms with Crippen molar-refractivity contribution in [3.8, 4) is 0 Å². The van der Waals surface area contributed by atoms with Gasteiger partial charge in [0.15, 0.2) is 0 Å². The van der Waals surface area contributed by atoms with E-state index in [0.717, 1.165) is 38.5 Å². The molecule has 7 nitrogen and oxygen atoms in total. The van der Waals surface area contributed by atoms with Gasteiger partial charge in [-0.15, -0.1) is 0 Å². The summed E-state index contributed by atoms with van der Waals surface area (Å²) in [6, 6.07) is 0. The van der Waals surface area contributed by atoms with Crippen LogP contribution < -0.4 is 0 Å². The summed E-state index contributed by atoms with van der Waals surface area (Å²) in [6.45, 7) is 2.32. The van der Waals surface area contributed by atoms with Crippen LogP contribution in [0, 0.1) is 17.3 Å². The molecule has 0 aromatic carbocycles. The molecule has 2 N–H and O–H groups in total. The highest BCUT2D eigenvalue weighted by molar-refractivity contribution is 5.73. The second-order valence-corrected chi connectivity index (χ2v) is 8.49. The van der Waals surface area contributed by atoms with E-state index >= 15 is 0 Å². The molecule has 0 aliphatic heterocycles. The fraction of sp³-hybridized carbons (Fsp3) is 0.900. The van der Waals surface area contributed by atoms with E-state index in [9.17, 15) is 19.8 Å². The highest BCUT2D eigenvalue weighted by Gasteiger charge is 2.34. The molecule has 4 unspecified atom stereocenters. The van der Waals surface area contributed by atoms with Gasteiger partial charge < -0.3 is 24.4 Å². The highest BCUT2D eigenvalue weighted by atomic mass is 16.6. The molecule has 0 saturated heterocycles. The SMILES string of the molecule is COCC(C)(COC(=O)C1CCCC(O)C1)COC(=O)C1CCCC(O)C1. The Kier molecular flexibility index (Phi) is 8.51. The van der Waals surface area contributed by atoms with Crippen LogP contribution in [0.2, 0.25) is 0 Å². The Balaban J connectivity index is 1.82. The van der Waals surface area contributed by atoms with E-state index in [2.05, 4.69) is 0 Å². The first kappa shape index (κ1) is 22.1. The molecule has 0 spiro atoms. The van der Waals surface area contributed by atoms with Crippen molar-refractivity contribution in [3.05, 3.63) is 0 Å². The molecule has 27 heavy (non-hydrogen) atoms. The summed E-state index contributed by atoms with van der Waals surface area (Å²) in [5.41, 5.74) is -0.638. The second-order valence-electron chi connectivity index (χ2n) is 8.49. The Labute approximate surface area is 161 Å². The molecule has 0 aromatic rings. The number of hydrogen-bond donors (Lipinski definition) is 2. The lowest BCUT2D eigenvalue weighted by Gasteiger charge is -2.31. The zero-order chi connectivity index (χ0) is 19.9. The Morgan fingerprint density at radius 3 is 1.67 bits per heavy atom. The third kappa shape index (κ3) is 7.05. The van der Waals surface area contributed by atoms with Gasteiger partial charge in [0.25, 0.3) is 0 Å². The number of carbonyl (C=O) groups excluding carboxylic acids is 2. The van der Waals surface area contributed by atoms with Crippen molar-refractivity contribution in [2.45, 2.75) is 70.5 Å². The third-order valence-electron chi connectivity index (χ3n) is 5.58. The molecule has 0 aromatic heterocycles. The highest BCUT2D eigenvalue weighted by Crippen LogP contribution is 2.28. The largest absolute Gasteiger partial charge is 0.465 e. The van der Waals surface area contributed by atoms with Crippen molar-refractivity contribution in [2.75, 3.05) is 26.9 Å². The van der Waals surface area contributed by atoms with Gasteiger partial charge in [-0.25, -0.2) is 0 Å². The van der Waals surface area contributed by atoms with Crippen LogP contribution in [0.4, 0.5) is 0 Å². The number of carbonyl (C=O) groups is 2. The molecule has 156 valence electrons. The van der Waals surface area contributed by atoms with Crippen LogP contribution in [-0.4, -0.2) is 61.3 Å². The van der Waals surface area contributed by atoms with Gasteiger partial charge in [-0.3, -0.25) is 9.59 Å². The number of hydrogen-bond acceptors (Lipinski definition) is 7. The summed E-state index contributed by atoms with van der Waals surface area (Å²) in [4.78, 5) is 24.6. The molecule has 0 radical (unpaired) electrons. The first-order valence-corrected chi connectivity index (χ1v) is 10.0. The van der Waals surface area contributed by atoms with Gasteiger partial charge in [0.05, 0.1) is 36.1 Å². The van der Waals surface area contributed by atoms with Crippen LogP contribution in [0.25, 0.3) is 0 Å². The number of aliphatic hydroxyl groups is 2. The average Bonchev–Trinajstić information content (AvgIpc) is 2.64. The Morgan fingerprint density at radius 1 is 0.852 bits per heavy atom. The van der Waals surface area contributed by atoms with Crippen LogP contribution in [0.5, 0.6) is 0 Å². The van der Waals surface area contributed by atoms with E-state index in [-0.39, 0.29) is 43.6 Å². The summed E-state index contributed by atoms with van der Waals surface area (Å²) in [7, 11) is 1.55. The van der Waals surface area contributed by atoms with Crippen LogP contribution in [0.15, 0.2) is 0 Å². The van der Waals surface area contributed by atoms with Gasteiger partial charge in [0, 0.05) is 7.11 Å². The maximum atomic E-state index is 12.3. The Morgan fingerprint density at radius 2 is 1.30 bits per heavy atom. The molecule has 2 aliphatic carbocycles. The monoisotopic (exact) mass is 386 g/mol. The van der Waals surface area contributed by atoms with Crippen LogP contribution >= 0.6 is 0 Å². The summed E-state index contributed by atoms with van der Waals surface area (Å²) in [6.07, 6.45) is 4.58. The first-order valence-electron chi connectivity index (χ1n) is 10.0. The van der Waals surface area contributed by atoms with Gasteiger partial charge >= 0.3 is 11.9 Å². The first-order chi connectivity index (χ1) is 12.8. The minimum absolute atomic E-state index is 0.0901. The van der Waals surface area contributed by atoms with E-state index in [0.29, 0.717) is 12.8 Å². The summed E-state index contributed by atoms with van der Waals surface area (Å²) >= 11 is 0. The van der Waals surface area contributed by atoms with Gasteiger partial charge in [0.2, 0.25) is 0 Å². The Hall–Kier alpha value is -1.18. The van der Waals surface area contributed by atoms with E-state index in [1.165, 1.54) is 0 Å². The molecule has 0 heterocycles.